The number of allylic oxidation sites excluding steroid dienone is 1. The van der Waals surface area contributed by atoms with Crippen LogP contribution in [0.25, 0.3) is 6.08 Å². The molecule has 1 aliphatic rings. The van der Waals surface area contributed by atoms with Crippen LogP contribution >= 0.6 is 0 Å². The van der Waals surface area contributed by atoms with E-state index in [0.717, 1.165) is 12.3 Å². The van der Waals surface area contributed by atoms with Gasteiger partial charge in [-0.05, 0) is 29.8 Å². The number of carbonyl (C=O) groups is 1. The predicted molar refractivity (Wildman–Crippen MR) is 111 cm³/mol. The number of nitrogens with one attached hydrogen (secondary N) is 1. The number of amides is 1. The average Bonchev–Trinajstić information content (AvgIpc) is 2.83. The lowest BCUT2D eigenvalue weighted by molar-refractivity contribution is -0.118. The van der Waals surface area contributed by atoms with Gasteiger partial charge < -0.3 is 10.0 Å². The molecule has 2 aromatic rings. The largest absolute Gasteiger partial charge is 0.504 e. The van der Waals surface area contributed by atoms with Crippen LogP contribution < -0.4 is 20.5 Å². The summed E-state index contributed by atoms with van der Waals surface area (Å²) in [4.78, 5) is 36.4. The van der Waals surface area contributed by atoms with Crippen LogP contribution in [0.1, 0.15) is 25.0 Å². The van der Waals surface area contributed by atoms with Crippen molar-refractivity contribution >= 4 is 37.8 Å². The number of fused-ring (bicyclic) bond motifs is 1. The molecule has 0 aliphatic carbocycles. The molecule has 0 radical (unpaired) electrons. The first-order chi connectivity index (χ1) is 14.0. The van der Waals surface area contributed by atoms with Gasteiger partial charge in [-0.1, -0.05) is 13.8 Å². The molecule has 1 heterocycles. The van der Waals surface area contributed by atoms with Crippen molar-refractivity contribution in [2.45, 2.75) is 24.2 Å². The van der Waals surface area contributed by atoms with Crippen LogP contribution in [-0.4, -0.2) is 45.2 Å². The summed E-state index contributed by atoms with van der Waals surface area (Å²) in [5.74, 6) is -1.66. The lowest BCUT2D eigenvalue weighted by atomic mass is 9.83. The molecule has 1 amide bonds. The second kappa shape index (κ2) is 7.00. The van der Waals surface area contributed by atoms with Crippen molar-refractivity contribution < 1.29 is 31.3 Å². The minimum absolute atomic E-state index is 0.223. The summed E-state index contributed by atoms with van der Waals surface area (Å²) in [6.07, 6.45) is 1.99. The Labute approximate surface area is 177 Å². The summed E-state index contributed by atoms with van der Waals surface area (Å²) in [6.45, 7) is 2.72. The highest BCUT2D eigenvalue weighted by Gasteiger charge is 2.42. The van der Waals surface area contributed by atoms with Crippen LogP contribution in [0.4, 0.5) is 5.69 Å². The molecular weight excluding hydrogens is 452 g/mol. The third-order valence-electron chi connectivity index (χ3n) is 4.96. The number of sulfonamides is 1. The van der Waals surface area contributed by atoms with Gasteiger partial charge in [-0.3, -0.25) is 23.7 Å². The number of nitrogens with zero attached hydrogens (tertiary/aromatic N) is 1. The Kier molecular flexibility index (Phi) is 5.12. The minimum Gasteiger partial charge on any atom is -0.504 e. The monoisotopic (exact) mass is 470 g/mol. The minimum atomic E-state index is -4.54. The summed E-state index contributed by atoms with van der Waals surface area (Å²) in [5.41, 5.74) is -2.46. The van der Waals surface area contributed by atoms with E-state index in [9.17, 15) is 40.9 Å². The van der Waals surface area contributed by atoms with Crippen molar-refractivity contribution in [1.29, 1.82) is 0 Å². The third kappa shape index (κ3) is 3.98. The van der Waals surface area contributed by atoms with Crippen LogP contribution in [0, 0.1) is 0 Å². The second-order valence-electron chi connectivity index (χ2n) is 7.61. The Balaban J connectivity index is 2.20. The Hall–Kier alpha value is -3.03. The van der Waals surface area contributed by atoms with Crippen molar-refractivity contribution in [3.8, 4) is 5.75 Å². The molecule has 11 nitrogen and oxygen atoms in total. The SMILES string of the molecule is CC1(C)C(=Cc2c(O)c(=O)c2=O)N(CC(=O)NS(C)(=O)=O)c2ccc(S(=O)(=O)O)cc21. The van der Waals surface area contributed by atoms with E-state index < -0.39 is 59.5 Å². The molecule has 0 fully saturated rings. The molecule has 3 N–H and O–H groups in total. The second-order valence-corrected chi connectivity index (χ2v) is 10.8. The van der Waals surface area contributed by atoms with Gasteiger partial charge in [0.1, 0.15) is 6.54 Å². The van der Waals surface area contributed by atoms with Gasteiger partial charge in [0.2, 0.25) is 15.5 Å². The summed E-state index contributed by atoms with van der Waals surface area (Å²) >= 11 is 0. The van der Waals surface area contributed by atoms with Gasteiger partial charge in [0, 0.05) is 16.8 Å². The van der Waals surface area contributed by atoms with E-state index in [2.05, 4.69) is 0 Å². The topological polar surface area (TPSA) is 175 Å². The molecule has 0 saturated carbocycles. The standard InChI is InChI=1S/C18H18N2O9S2/c1-18(2)11-6-9(31(27,28)29)4-5-12(11)20(8-14(21)19-30(3,25)26)13(18)7-10-15(22)17(24)16(10)23/h4-7,22H,8H2,1-3H3,(H,19,21)(H,27,28,29). The summed E-state index contributed by atoms with van der Waals surface area (Å²) in [5, 5.41) is 9.74. The van der Waals surface area contributed by atoms with E-state index in [-0.39, 0.29) is 11.3 Å². The van der Waals surface area contributed by atoms with Gasteiger partial charge in [0.15, 0.2) is 5.75 Å². The highest BCUT2D eigenvalue weighted by Crippen LogP contribution is 2.49. The number of benzene rings is 1. The summed E-state index contributed by atoms with van der Waals surface area (Å²) < 4.78 is 57.1. The molecule has 31 heavy (non-hydrogen) atoms. The number of hydrogen-bond donors (Lipinski definition) is 3. The summed E-state index contributed by atoms with van der Waals surface area (Å²) in [7, 11) is -8.40. The van der Waals surface area contributed by atoms with E-state index >= 15 is 0 Å². The zero-order valence-electron chi connectivity index (χ0n) is 16.5. The number of aromatic hydroxyl groups is 1. The molecule has 2 aromatic carbocycles. The molecule has 13 heteroatoms. The van der Waals surface area contributed by atoms with Crippen molar-refractivity contribution in [1.82, 2.24) is 4.72 Å². The molecule has 166 valence electrons. The van der Waals surface area contributed by atoms with Crippen molar-refractivity contribution in [2.75, 3.05) is 17.7 Å². The maximum absolute atomic E-state index is 12.3. The van der Waals surface area contributed by atoms with Gasteiger partial charge >= 0.3 is 0 Å². The average molecular weight is 470 g/mol. The van der Waals surface area contributed by atoms with Gasteiger partial charge in [-0.15, -0.1) is 0 Å². The van der Waals surface area contributed by atoms with E-state index in [1.165, 1.54) is 23.1 Å². The smallest absolute Gasteiger partial charge is 0.294 e. The molecule has 0 spiro atoms. The molecule has 0 saturated heterocycles. The van der Waals surface area contributed by atoms with Crippen LogP contribution in [0.5, 0.6) is 5.75 Å². The zero-order valence-corrected chi connectivity index (χ0v) is 18.2. The Bertz CT molecular complexity index is 1430. The number of carbonyl (C=O) groups excluding carboxylic acids is 1. The zero-order chi connectivity index (χ0) is 23.5. The molecule has 0 bridgehead atoms. The number of rotatable bonds is 5. The number of hydrogen-bond acceptors (Lipinski definition) is 9. The molecular formula is C18H18N2O9S2. The van der Waals surface area contributed by atoms with Gasteiger partial charge in [-0.2, -0.15) is 8.42 Å². The van der Waals surface area contributed by atoms with Crippen molar-refractivity contribution in [2.24, 2.45) is 0 Å². The Morgan fingerprint density at radius 1 is 1.16 bits per heavy atom. The Morgan fingerprint density at radius 2 is 1.77 bits per heavy atom. The van der Waals surface area contributed by atoms with Gasteiger partial charge in [-0.25, -0.2) is 8.42 Å². The first kappa shape index (κ1) is 22.7. The lowest BCUT2D eigenvalue weighted by Gasteiger charge is -2.27. The molecule has 0 aromatic heterocycles. The molecule has 3 rings (SSSR count). The van der Waals surface area contributed by atoms with Crippen LogP contribution in [0.2, 0.25) is 0 Å². The van der Waals surface area contributed by atoms with Crippen LogP contribution in [-0.2, 0) is 30.4 Å². The Morgan fingerprint density at radius 3 is 2.29 bits per heavy atom. The maximum atomic E-state index is 12.3. The van der Waals surface area contributed by atoms with Crippen LogP contribution in [0.3, 0.4) is 0 Å². The van der Waals surface area contributed by atoms with E-state index in [1.54, 1.807) is 13.8 Å². The highest BCUT2D eigenvalue weighted by molar-refractivity contribution is 7.89. The van der Waals surface area contributed by atoms with E-state index in [0.29, 0.717) is 11.3 Å². The maximum Gasteiger partial charge on any atom is 0.294 e. The van der Waals surface area contributed by atoms with Crippen LogP contribution in [0.15, 0.2) is 38.4 Å². The fraction of sp³-hybridized carbons (Fsp3) is 0.278. The molecule has 0 unspecified atom stereocenters. The van der Waals surface area contributed by atoms with Gasteiger partial charge in [0.25, 0.3) is 21.5 Å². The lowest BCUT2D eigenvalue weighted by Crippen LogP contribution is -2.40. The first-order valence-electron chi connectivity index (χ1n) is 8.68. The highest BCUT2D eigenvalue weighted by atomic mass is 32.2. The van der Waals surface area contributed by atoms with E-state index in [1.807, 2.05) is 4.72 Å². The van der Waals surface area contributed by atoms with Crippen molar-refractivity contribution in [3.05, 3.63) is 55.5 Å². The first-order valence-corrected chi connectivity index (χ1v) is 12.0. The molecule has 0 atom stereocenters. The fourth-order valence-corrected chi connectivity index (χ4v) is 4.48. The van der Waals surface area contributed by atoms with E-state index in [4.69, 9.17) is 0 Å². The molecule has 1 aliphatic heterocycles. The quantitative estimate of drug-likeness (QED) is 0.380. The third-order valence-corrected chi connectivity index (χ3v) is 6.41. The van der Waals surface area contributed by atoms with Crippen molar-refractivity contribution in [3.63, 3.8) is 0 Å². The predicted octanol–water partition coefficient (Wildman–Crippen LogP) is -0.551. The van der Waals surface area contributed by atoms with Gasteiger partial charge in [0.05, 0.1) is 16.7 Å². The normalized spacial score (nSPS) is 17.2. The number of anilines is 1. The summed E-state index contributed by atoms with van der Waals surface area (Å²) in [6, 6.07) is 3.61. The fourth-order valence-electron chi connectivity index (χ4n) is 3.50.